The van der Waals surface area contributed by atoms with E-state index in [2.05, 4.69) is 34.7 Å². The number of likely N-dealkylation sites (N-methyl/N-ethyl adjacent to an activating group) is 1. The highest BCUT2D eigenvalue weighted by atomic mass is 16.5. The number of methoxy groups -OCH3 is 1. The van der Waals surface area contributed by atoms with Crippen LogP contribution in [0.15, 0.2) is 18.2 Å². The zero-order valence-electron chi connectivity index (χ0n) is 12.7. The van der Waals surface area contributed by atoms with Crippen molar-refractivity contribution in [1.82, 2.24) is 10.2 Å². The Morgan fingerprint density at radius 3 is 3.05 bits per heavy atom. The Hall–Kier alpha value is -1.43. The molecule has 1 aromatic rings. The number of nitrogens with one attached hydrogen (secondary N) is 2. The maximum Gasteiger partial charge on any atom is 0.241 e. The molecule has 2 aliphatic rings. The minimum absolute atomic E-state index is 0.0300. The first-order chi connectivity index (χ1) is 10.2. The molecule has 0 aromatic heterocycles. The summed E-state index contributed by atoms with van der Waals surface area (Å²) >= 11 is 0. The Balaban J connectivity index is 1.64. The van der Waals surface area contributed by atoms with Crippen molar-refractivity contribution in [3.8, 4) is 0 Å². The van der Waals surface area contributed by atoms with Gasteiger partial charge in [0.05, 0.1) is 12.1 Å². The van der Waals surface area contributed by atoms with Crippen LogP contribution in [-0.4, -0.2) is 50.2 Å². The number of carbonyl (C=O) groups excluding carboxylic acids is 1. The lowest BCUT2D eigenvalue weighted by molar-refractivity contribution is -0.118. The summed E-state index contributed by atoms with van der Waals surface area (Å²) < 4.78 is 5.28. The number of fused-ring (bicyclic) bond motifs is 1. The van der Waals surface area contributed by atoms with Crippen molar-refractivity contribution in [2.75, 3.05) is 32.6 Å². The van der Waals surface area contributed by atoms with Crippen LogP contribution in [0, 0.1) is 0 Å². The molecule has 21 heavy (non-hydrogen) atoms. The Morgan fingerprint density at radius 1 is 1.43 bits per heavy atom. The average molecular weight is 289 g/mol. The molecular formula is C16H23N3O2. The van der Waals surface area contributed by atoms with Crippen LogP contribution in [-0.2, 0) is 22.5 Å². The van der Waals surface area contributed by atoms with Gasteiger partial charge in [-0.3, -0.25) is 4.79 Å². The summed E-state index contributed by atoms with van der Waals surface area (Å²) in [4.78, 5) is 14.6. The van der Waals surface area contributed by atoms with E-state index < -0.39 is 0 Å². The van der Waals surface area contributed by atoms with E-state index in [9.17, 15) is 4.79 Å². The van der Waals surface area contributed by atoms with Gasteiger partial charge in [-0.15, -0.1) is 0 Å². The van der Waals surface area contributed by atoms with Gasteiger partial charge < -0.3 is 20.3 Å². The number of nitrogens with zero attached hydrogens (tertiary/aromatic N) is 1. The third-order valence-electron chi connectivity index (χ3n) is 4.42. The Bertz CT molecular complexity index is 532. The summed E-state index contributed by atoms with van der Waals surface area (Å²) in [5.74, 6) is 0.0300. The van der Waals surface area contributed by atoms with Gasteiger partial charge in [-0.1, -0.05) is 6.07 Å². The second-order valence-corrected chi connectivity index (χ2v) is 6.01. The summed E-state index contributed by atoms with van der Waals surface area (Å²) in [7, 11) is 3.82. The van der Waals surface area contributed by atoms with Crippen LogP contribution >= 0.6 is 0 Å². The van der Waals surface area contributed by atoms with E-state index in [4.69, 9.17) is 4.74 Å². The zero-order valence-corrected chi connectivity index (χ0v) is 12.7. The number of hydrogen-bond donors (Lipinski definition) is 2. The molecule has 2 N–H and O–H groups in total. The largest absolute Gasteiger partial charge is 0.380 e. The molecule has 5 nitrogen and oxygen atoms in total. The van der Waals surface area contributed by atoms with Crippen molar-refractivity contribution in [1.29, 1.82) is 0 Å². The second-order valence-electron chi connectivity index (χ2n) is 6.01. The smallest absolute Gasteiger partial charge is 0.241 e. The van der Waals surface area contributed by atoms with Gasteiger partial charge in [-0.2, -0.15) is 0 Å². The highest BCUT2D eigenvalue weighted by Crippen LogP contribution is 2.22. The molecule has 1 amide bonds. The fourth-order valence-electron chi connectivity index (χ4n) is 3.08. The molecule has 0 spiro atoms. The highest BCUT2D eigenvalue weighted by Gasteiger charge is 2.29. The molecule has 5 heteroatoms. The van der Waals surface area contributed by atoms with Crippen LogP contribution < -0.4 is 10.6 Å². The van der Waals surface area contributed by atoms with Gasteiger partial charge >= 0.3 is 0 Å². The lowest BCUT2D eigenvalue weighted by Crippen LogP contribution is -2.35. The zero-order chi connectivity index (χ0) is 14.8. The first-order valence-corrected chi connectivity index (χ1v) is 7.53. The Labute approximate surface area is 125 Å². The maximum atomic E-state index is 12.3. The molecular weight excluding hydrogens is 266 g/mol. The third-order valence-corrected chi connectivity index (χ3v) is 4.42. The minimum Gasteiger partial charge on any atom is -0.380 e. The van der Waals surface area contributed by atoms with Gasteiger partial charge in [0.25, 0.3) is 0 Å². The van der Waals surface area contributed by atoms with Crippen molar-refractivity contribution >= 4 is 11.6 Å². The number of carbonyl (C=O) groups is 1. The van der Waals surface area contributed by atoms with Gasteiger partial charge in [0.1, 0.15) is 0 Å². The molecule has 2 aliphatic heterocycles. The lowest BCUT2D eigenvalue weighted by atomic mass is 9.99. The average Bonchev–Trinajstić information content (AvgIpc) is 2.96. The van der Waals surface area contributed by atoms with E-state index in [1.807, 2.05) is 6.07 Å². The van der Waals surface area contributed by atoms with Gasteiger partial charge in [-0.05, 0) is 43.1 Å². The van der Waals surface area contributed by atoms with Crippen LogP contribution in [0.3, 0.4) is 0 Å². The highest BCUT2D eigenvalue weighted by molar-refractivity contribution is 5.95. The number of anilines is 1. The minimum atomic E-state index is -0.155. The van der Waals surface area contributed by atoms with Crippen LogP contribution in [0.1, 0.15) is 17.5 Å². The van der Waals surface area contributed by atoms with Crippen LogP contribution in [0.25, 0.3) is 0 Å². The molecule has 1 aromatic carbocycles. The van der Waals surface area contributed by atoms with Gasteiger partial charge in [-0.25, -0.2) is 0 Å². The monoisotopic (exact) mass is 289 g/mol. The quantitative estimate of drug-likeness (QED) is 0.871. The molecule has 0 aliphatic carbocycles. The van der Waals surface area contributed by atoms with E-state index in [0.717, 1.165) is 38.2 Å². The molecule has 0 radical (unpaired) electrons. The molecule has 3 rings (SSSR count). The normalized spacial score (nSPS) is 25.6. The van der Waals surface area contributed by atoms with Gasteiger partial charge in [0, 0.05) is 32.4 Å². The second kappa shape index (κ2) is 6.13. The van der Waals surface area contributed by atoms with Crippen LogP contribution in [0.5, 0.6) is 0 Å². The first-order valence-electron chi connectivity index (χ1n) is 7.53. The molecule has 2 heterocycles. The standard InChI is InChI=1S/C16H23N3O2/c1-19-6-5-11-7-13(4-3-12(11)10-19)18-16(20)15-8-14(21-2)9-17-15/h3-4,7,14-15,17H,5-6,8-10H2,1-2H3,(H,18,20)/t14-,15-/m1/s1. The van der Waals surface area contributed by atoms with Gasteiger partial charge in [0.2, 0.25) is 5.91 Å². The summed E-state index contributed by atoms with van der Waals surface area (Å²) in [6, 6.07) is 6.08. The maximum absolute atomic E-state index is 12.3. The molecule has 114 valence electrons. The van der Waals surface area contributed by atoms with E-state index in [1.165, 1.54) is 11.1 Å². The number of rotatable bonds is 3. The lowest BCUT2D eigenvalue weighted by Gasteiger charge is -2.25. The van der Waals surface area contributed by atoms with E-state index in [-0.39, 0.29) is 18.1 Å². The van der Waals surface area contributed by atoms with Crippen LogP contribution in [0.4, 0.5) is 5.69 Å². The molecule has 1 saturated heterocycles. The van der Waals surface area contributed by atoms with Crippen molar-refractivity contribution in [3.05, 3.63) is 29.3 Å². The van der Waals surface area contributed by atoms with Gasteiger partial charge in [0.15, 0.2) is 0 Å². The van der Waals surface area contributed by atoms with Crippen LogP contribution in [0.2, 0.25) is 0 Å². The fourth-order valence-corrected chi connectivity index (χ4v) is 3.08. The van der Waals surface area contributed by atoms with E-state index >= 15 is 0 Å². The van der Waals surface area contributed by atoms with Crippen molar-refractivity contribution < 1.29 is 9.53 Å². The number of ether oxygens (including phenoxy) is 1. The van der Waals surface area contributed by atoms with E-state index in [1.54, 1.807) is 7.11 Å². The number of benzene rings is 1. The molecule has 2 atom stereocenters. The summed E-state index contributed by atoms with van der Waals surface area (Å²) in [5.41, 5.74) is 3.60. The molecule has 1 fully saturated rings. The summed E-state index contributed by atoms with van der Waals surface area (Å²) in [6.45, 7) is 2.80. The van der Waals surface area contributed by atoms with E-state index in [0.29, 0.717) is 0 Å². The molecule has 0 saturated carbocycles. The van der Waals surface area contributed by atoms with Crippen molar-refractivity contribution in [2.45, 2.75) is 31.5 Å². The fraction of sp³-hybridized carbons (Fsp3) is 0.562. The summed E-state index contributed by atoms with van der Waals surface area (Å²) in [6.07, 6.45) is 1.92. The molecule has 0 bridgehead atoms. The first kappa shape index (κ1) is 14.5. The van der Waals surface area contributed by atoms with Crippen molar-refractivity contribution in [2.24, 2.45) is 0 Å². The SMILES string of the molecule is CO[C@H]1CN[C@@H](C(=O)Nc2ccc3c(c2)CCN(C)C3)C1. The third kappa shape index (κ3) is 3.26. The summed E-state index contributed by atoms with van der Waals surface area (Å²) in [5, 5.41) is 6.22. The molecule has 0 unspecified atom stereocenters. The Morgan fingerprint density at radius 2 is 2.29 bits per heavy atom. The Kier molecular flexibility index (Phi) is 4.24. The predicted octanol–water partition coefficient (Wildman–Crippen LogP) is 0.990. The predicted molar refractivity (Wildman–Crippen MR) is 82.3 cm³/mol. The topological polar surface area (TPSA) is 53.6 Å². The number of hydrogen-bond acceptors (Lipinski definition) is 4. The van der Waals surface area contributed by atoms with Crippen molar-refractivity contribution in [3.63, 3.8) is 0 Å². The number of amides is 1.